The maximum atomic E-state index is 9.73. The molecule has 0 amide bonds. The summed E-state index contributed by atoms with van der Waals surface area (Å²) in [6.07, 6.45) is -0.337. The topological polar surface area (TPSA) is 60.0 Å². The molecule has 0 saturated heterocycles. The molecule has 1 aromatic carbocycles. The predicted molar refractivity (Wildman–Crippen MR) is 71.7 cm³/mol. The molecular weight excluding hydrogens is 246 g/mol. The van der Waals surface area contributed by atoms with Gasteiger partial charge in [0.25, 0.3) is 0 Å². The Labute approximate surface area is 113 Å². The Morgan fingerprint density at radius 2 is 2.16 bits per heavy atom. The Morgan fingerprint density at radius 1 is 1.37 bits per heavy atom. The standard InChI is InChI=1S/C14H21NO4/c1-9(2)11(16)7-15-6-10-4-12(17-3)14-13(5-10)18-8-19-14/h4-5,9,11,15-16H,6-8H2,1-3H3. The van der Waals surface area contributed by atoms with E-state index >= 15 is 0 Å². The number of benzene rings is 1. The van der Waals surface area contributed by atoms with Gasteiger partial charge in [0.1, 0.15) is 0 Å². The van der Waals surface area contributed by atoms with Crippen molar-refractivity contribution in [1.82, 2.24) is 5.32 Å². The van der Waals surface area contributed by atoms with Crippen LogP contribution in [0.25, 0.3) is 0 Å². The van der Waals surface area contributed by atoms with E-state index in [-0.39, 0.29) is 18.8 Å². The summed E-state index contributed by atoms with van der Waals surface area (Å²) in [5.41, 5.74) is 1.04. The Bertz CT molecular complexity index is 434. The van der Waals surface area contributed by atoms with Crippen LogP contribution < -0.4 is 19.5 Å². The van der Waals surface area contributed by atoms with E-state index in [1.165, 1.54) is 0 Å². The predicted octanol–water partition coefficient (Wildman–Crippen LogP) is 1.53. The number of aliphatic hydroxyl groups excluding tert-OH is 1. The third kappa shape index (κ3) is 3.30. The lowest BCUT2D eigenvalue weighted by Gasteiger charge is -2.15. The van der Waals surface area contributed by atoms with Gasteiger partial charge >= 0.3 is 0 Å². The van der Waals surface area contributed by atoms with Crippen LogP contribution in [0, 0.1) is 5.92 Å². The lowest BCUT2D eigenvalue weighted by molar-refractivity contribution is 0.123. The fraction of sp³-hybridized carbons (Fsp3) is 0.571. The molecule has 0 aliphatic carbocycles. The molecule has 0 spiro atoms. The molecule has 1 atom stereocenters. The maximum absolute atomic E-state index is 9.73. The first-order valence-corrected chi connectivity index (χ1v) is 6.47. The lowest BCUT2D eigenvalue weighted by Crippen LogP contribution is -2.30. The Morgan fingerprint density at radius 3 is 2.84 bits per heavy atom. The first-order chi connectivity index (χ1) is 9.11. The largest absolute Gasteiger partial charge is 0.493 e. The van der Waals surface area contributed by atoms with Crippen molar-refractivity contribution in [3.8, 4) is 17.2 Å². The zero-order valence-electron chi connectivity index (χ0n) is 11.6. The van der Waals surface area contributed by atoms with Crippen molar-refractivity contribution in [1.29, 1.82) is 0 Å². The molecule has 19 heavy (non-hydrogen) atoms. The highest BCUT2D eigenvalue weighted by atomic mass is 16.7. The summed E-state index contributed by atoms with van der Waals surface area (Å²) in [5, 5.41) is 13.0. The third-order valence-electron chi connectivity index (χ3n) is 3.17. The van der Waals surface area contributed by atoms with Crippen molar-refractivity contribution in [2.24, 2.45) is 5.92 Å². The summed E-state index contributed by atoms with van der Waals surface area (Å²) < 4.78 is 16.0. The Balaban J connectivity index is 1.98. The van der Waals surface area contributed by atoms with Crippen LogP contribution in [0.1, 0.15) is 19.4 Å². The Hall–Kier alpha value is -1.46. The molecule has 2 rings (SSSR count). The van der Waals surface area contributed by atoms with Gasteiger partial charge in [-0.3, -0.25) is 0 Å². The van der Waals surface area contributed by atoms with E-state index in [0.29, 0.717) is 30.3 Å². The van der Waals surface area contributed by atoms with Gasteiger partial charge in [-0.05, 0) is 23.6 Å². The fourth-order valence-corrected chi connectivity index (χ4v) is 1.89. The Kier molecular flexibility index (Phi) is 4.50. The summed E-state index contributed by atoms with van der Waals surface area (Å²) in [6.45, 7) is 5.44. The maximum Gasteiger partial charge on any atom is 0.231 e. The summed E-state index contributed by atoms with van der Waals surface area (Å²) in [4.78, 5) is 0. The molecule has 0 fully saturated rings. The minimum absolute atomic E-state index is 0.231. The van der Waals surface area contributed by atoms with Gasteiger partial charge in [0.2, 0.25) is 12.5 Å². The summed E-state index contributed by atoms with van der Waals surface area (Å²) in [6, 6.07) is 3.85. The van der Waals surface area contributed by atoms with Crippen molar-refractivity contribution in [2.45, 2.75) is 26.5 Å². The second-order valence-electron chi connectivity index (χ2n) is 4.97. The molecule has 0 radical (unpaired) electrons. The van der Waals surface area contributed by atoms with E-state index in [2.05, 4.69) is 5.32 Å². The second kappa shape index (κ2) is 6.12. The minimum atomic E-state index is -0.337. The highest BCUT2D eigenvalue weighted by molar-refractivity contribution is 5.55. The van der Waals surface area contributed by atoms with Crippen LogP contribution in [0.4, 0.5) is 0 Å². The molecule has 106 valence electrons. The highest BCUT2D eigenvalue weighted by Crippen LogP contribution is 2.41. The number of nitrogens with one attached hydrogen (secondary N) is 1. The molecule has 0 aromatic heterocycles. The third-order valence-corrected chi connectivity index (χ3v) is 3.17. The van der Waals surface area contributed by atoms with Crippen LogP contribution in [0.5, 0.6) is 17.2 Å². The molecule has 1 aromatic rings. The molecule has 1 unspecified atom stereocenters. The van der Waals surface area contributed by atoms with E-state index in [0.717, 1.165) is 5.56 Å². The molecule has 0 bridgehead atoms. The van der Waals surface area contributed by atoms with E-state index in [4.69, 9.17) is 14.2 Å². The summed E-state index contributed by atoms with van der Waals surface area (Å²) in [7, 11) is 1.61. The van der Waals surface area contributed by atoms with Gasteiger partial charge in [0, 0.05) is 13.1 Å². The van der Waals surface area contributed by atoms with Crippen LogP contribution in [-0.4, -0.2) is 31.7 Å². The highest BCUT2D eigenvalue weighted by Gasteiger charge is 2.20. The van der Waals surface area contributed by atoms with Gasteiger partial charge in [0.05, 0.1) is 13.2 Å². The van der Waals surface area contributed by atoms with Gasteiger partial charge in [-0.2, -0.15) is 0 Å². The SMILES string of the molecule is COc1cc(CNCC(O)C(C)C)cc2c1OCO2. The smallest absolute Gasteiger partial charge is 0.231 e. The number of hydrogen-bond acceptors (Lipinski definition) is 5. The van der Waals surface area contributed by atoms with Gasteiger partial charge in [-0.1, -0.05) is 13.8 Å². The van der Waals surface area contributed by atoms with Crippen LogP contribution in [0.3, 0.4) is 0 Å². The molecule has 5 nitrogen and oxygen atoms in total. The molecular formula is C14H21NO4. The fourth-order valence-electron chi connectivity index (χ4n) is 1.89. The van der Waals surface area contributed by atoms with E-state index in [9.17, 15) is 5.11 Å². The number of fused-ring (bicyclic) bond motifs is 1. The van der Waals surface area contributed by atoms with Crippen molar-refractivity contribution >= 4 is 0 Å². The van der Waals surface area contributed by atoms with Gasteiger partial charge in [-0.25, -0.2) is 0 Å². The number of aliphatic hydroxyl groups is 1. The number of ether oxygens (including phenoxy) is 3. The first kappa shape index (κ1) is 14.0. The quantitative estimate of drug-likeness (QED) is 0.818. The monoisotopic (exact) mass is 267 g/mol. The van der Waals surface area contributed by atoms with E-state index in [1.807, 2.05) is 26.0 Å². The van der Waals surface area contributed by atoms with Gasteiger partial charge < -0.3 is 24.6 Å². The molecule has 0 saturated carbocycles. The summed E-state index contributed by atoms with van der Waals surface area (Å²) >= 11 is 0. The molecule has 5 heteroatoms. The van der Waals surface area contributed by atoms with Crippen LogP contribution in [0.15, 0.2) is 12.1 Å². The van der Waals surface area contributed by atoms with Crippen molar-refractivity contribution in [3.63, 3.8) is 0 Å². The average Bonchev–Trinajstić information content (AvgIpc) is 2.85. The van der Waals surface area contributed by atoms with Crippen molar-refractivity contribution < 1.29 is 19.3 Å². The molecule has 2 N–H and O–H groups in total. The summed E-state index contributed by atoms with van der Waals surface area (Å²) in [5.74, 6) is 2.30. The lowest BCUT2D eigenvalue weighted by atomic mass is 10.1. The van der Waals surface area contributed by atoms with Gasteiger partial charge in [-0.15, -0.1) is 0 Å². The van der Waals surface area contributed by atoms with Crippen LogP contribution in [-0.2, 0) is 6.54 Å². The average molecular weight is 267 g/mol. The van der Waals surface area contributed by atoms with E-state index < -0.39 is 0 Å². The van der Waals surface area contributed by atoms with Crippen molar-refractivity contribution in [2.75, 3.05) is 20.4 Å². The first-order valence-electron chi connectivity index (χ1n) is 6.47. The zero-order valence-corrected chi connectivity index (χ0v) is 11.6. The number of methoxy groups -OCH3 is 1. The molecule has 1 aliphatic rings. The molecule has 1 heterocycles. The zero-order chi connectivity index (χ0) is 13.8. The normalized spacial score (nSPS) is 14.8. The number of rotatable bonds is 6. The number of hydrogen-bond donors (Lipinski definition) is 2. The van der Waals surface area contributed by atoms with E-state index in [1.54, 1.807) is 7.11 Å². The van der Waals surface area contributed by atoms with Gasteiger partial charge in [0.15, 0.2) is 11.5 Å². The molecule has 1 aliphatic heterocycles. The second-order valence-corrected chi connectivity index (χ2v) is 4.97. The van der Waals surface area contributed by atoms with Crippen LogP contribution in [0.2, 0.25) is 0 Å². The van der Waals surface area contributed by atoms with Crippen LogP contribution >= 0.6 is 0 Å². The minimum Gasteiger partial charge on any atom is -0.493 e. The van der Waals surface area contributed by atoms with Crippen molar-refractivity contribution in [3.05, 3.63) is 17.7 Å².